The normalized spacial score (nSPS) is 13.9. The average Bonchev–Trinajstić information content (AvgIpc) is 2.10. The second-order valence-electron chi connectivity index (χ2n) is 3.21. The van der Waals surface area contributed by atoms with Gasteiger partial charge in [0.1, 0.15) is 12.8 Å². The highest BCUT2D eigenvalue weighted by Gasteiger charge is 1.96. The van der Waals surface area contributed by atoms with E-state index in [1.165, 1.54) is 0 Å². The maximum Gasteiger partial charge on any atom is 0.129 e. The first-order valence-corrected chi connectivity index (χ1v) is 4.73. The van der Waals surface area contributed by atoms with Gasteiger partial charge >= 0.3 is 0 Å². The summed E-state index contributed by atoms with van der Waals surface area (Å²) >= 11 is 0. The van der Waals surface area contributed by atoms with E-state index in [-0.39, 0.29) is 0 Å². The minimum absolute atomic E-state index is 0.411. The van der Waals surface area contributed by atoms with Crippen molar-refractivity contribution in [1.82, 2.24) is 5.32 Å². The molecule has 0 saturated carbocycles. The van der Waals surface area contributed by atoms with E-state index in [0.717, 1.165) is 0 Å². The Balaban J connectivity index is 3.17. The van der Waals surface area contributed by atoms with E-state index < -0.39 is 6.23 Å². The molecule has 4 heteroatoms. The van der Waals surface area contributed by atoms with Gasteiger partial charge in [-0.3, -0.25) is 5.32 Å². The number of aliphatic hydroxyl groups is 1. The number of aliphatic hydroxyl groups excluding tert-OH is 1. The highest BCUT2D eigenvalue weighted by atomic mass is 16.6. The maximum atomic E-state index is 9.10. The van der Waals surface area contributed by atoms with Crippen LogP contribution in [0.2, 0.25) is 0 Å². The minimum atomic E-state index is -0.433. The summed E-state index contributed by atoms with van der Waals surface area (Å²) in [6.07, 6.45) is 2.02. The lowest BCUT2D eigenvalue weighted by atomic mass is 10.3. The Morgan fingerprint density at radius 2 is 2.23 bits per heavy atom. The van der Waals surface area contributed by atoms with Crippen molar-refractivity contribution in [1.29, 1.82) is 0 Å². The molecule has 0 aliphatic heterocycles. The zero-order valence-corrected chi connectivity index (χ0v) is 8.66. The predicted octanol–water partition coefficient (Wildman–Crippen LogP) is 0.963. The third kappa shape index (κ3) is 9.30. The molecule has 1 unspecified atom stereocenters. The second-order valence-corrected chi connectivity index (χ2v) is 3.21. The van der Waals surface area contributed by atoms with Crippen molar-refractivity contribution >= 4 is 6.21 Å². The SMILES string of the molecule is CCC(O)NCCO/N=C/C(C)C. The van der Waals surface area contributed by atoms with Gasteiger partial charge in [0.25, 0.3) is 0 Å². The number of oxime groups is 1. The highest BCUT2D eigenvalue weighted by Crippen LogP contribution is 1.86. The van der Waals surface area contributed by atoms with E-state index in [1.807, 2.05) is 20.8 Å². The summed E-state index contributed by atoms with van der Waals surface area (Å²) in [5, 5.41) is 15.7. The monoisotopic (exact) mass is 188 g/mol. The van der Waals surface area contributed by atoms with Crippen LogP contribution in [0.15, 0.2) is 5.16 Å². The molecule has 0 radical (unpaired) electrons. The molecule has 0 spiro atoms. The van der Waals surface area contributed by atoms with Crippen molar-refractivity contribution in [3.63, 3.8) is 0 Å². The summed E-state index contributed by atoms with van der Waals surface area (Å²) in [4.78, 5) is 4.94. The van der Waals surface area contributed by atoms with Crippen molar-refractivity contribution in [2.24, 2.45) is 11.1 Å². The first-order chi connectivity index (χ1) is 6.16. The lowest BCUT2D eigenvalue weighted by Crippen LogP contribution is -2.30. The topological polar surface area (TPSA) is 53.8 Å². The molecule has 0 fully saturated rings. The van der Waals surface area contributed by atoms with Crippen LogP contribution >= 0.6 is 0 Å². The predicted molar refractivity (Wildman–Crippen MR) is 53.6 cm³/mol. The Bertz CT molecular complexity index is 138. The van der Waals surface area contributed by atoms with Crippen molar-refractivity contribution in [2.75, 3.05) is 13.2 Å². The van der Waals surface area contributed by atoms with Crippen molar-refractivity contribution < 1.29 is 9.94 Å². The van der Waals surface area contributed by atoms with Gasteiger partial charge in [0, 0.05) is 12.8 Å². The molecule has 0 bridgehead atoms. The van der Waals surface area contributed by atoms with Crippen LogP contribution in [-0.2, 0) is 4.84 Å². The molecule has 0 amide bonds. The van der Waals surface area contributed by atoms with Gasteiger partial charge in [-0.15, -0.1) is 0 Å². The summed E-state index contributed by atoms with van der Waals surface area (Å²) in [6, 6.07) is 0. The van der Waals surface area contributed by atoms with E-state index in [1.54, 1.807) is 6.21 Å². The van der Waals surface area contributed by atoms with E-state index in [0.29, 0.717) is 25.5 Å². The fourth-order valence-corrected chi connectivity index (χ4v) is 0.633. The molecule has 0 rings (SSSR count). The summed E-state index contributed by atoms with van der Waals surface area (Å²) in [5.74, 6) is 0.411. The van der Waals surface area contributed by atoms with E-state index in [9.17, 15) is 0 Å². The van der Waals surface area contributed by atoms with Crippen molar-refractivity contribution in [2.45, 2.75) is 33.4 Å². The van der Waals surface area contributed by atoms with Crippen LogP contribution in [-0.4, -0.2) is 30.7 Å². The molecule has 0 aliphatic rings. The Hall–Kier alpha value is -0.610. The van der Waals surface area contributed by atoms with E-state index in [4.69, 9.17) is 9.94 Å². The largest absolute Gasteiger partial charge is 0.395 e. The van der Waals surface area contributed by atoms with Crippen LogP contribution < -0.4 is 5.32 Å². The fourth-order valence-electron chi connectivity index (χ4n) is 0.633. The molecule has 0 aromatic carbocycles. The Morgan fingerprint density at radius 1 is 1.54 bits per heavy atom. The zero-order valence-electron chi connectivity index (χ0n) is 8.66. The lowest BCUT2D eigenvalue weighted by molar-refractivity contribution is 0.101. The Labute approximate surface area is 80.0 Å². The third-order valence-corrected chi connectivity index (χ3v) is 1.39. The van der Waals surface area contributed by atoms with Gasteiger partial charge in [0.15, 0.2) is 0 Å². The number of hydrogen-bond acceptors (Lipinski definition) is 4. The number of hydrogen-bond donors (Lipinski definition) is 2. The van der Waals surface area contributed by atoms with Crippen LogP contribution in [0.5, 0.6) is 0 Å². The van der Waals surface area contributed by atoms with Gasteiger partial charge < -0.3 is 9.94 Å². The number of nitrogens with zero attached hydrogens (tertiary/aromatic N) is 1. The molecular weight excluding hydrogens is 168 g/mol. The summed E-state index contributed by atoms with van der Waals surface area (Å²) in [7, 11) is 0. The lowest BCUT2D eigenvalue weighted by Gasteiger charge is -2.08. The molecule has 1 atom stereocenters. The first-order valence-electron chi connectivity index (χ1n) is 4.73. The van der Waals surface area contributed by atoms with Crippen LogP contribution in [0.3, 0.4) is 0 Å². The molecular formula is C9H20N2O2. The third-order valence-electron chi connectivity index (χ3n) is 1.39. The van der Waals surface area contributed by atoms with Gasteiger partial charge in [0.2, 0.25) is 0 Å². The molecule has 2 N–H and O–H groups in total. The molecule has 0 aromatic heterocycles. The van der Waals surface area contributed by atoms with E-state index in [2.05, 4.69) is 10.5 Å². The molecule has 0 aromatic rings. The standard InChI is InChI=1S/C9H20N2O2/c1-4-9(12)10-5-6-13-11-7-8(2)3/h7-10,12H,4-6H2,1-3H3/b11-7+. The Kier molecular flexibility index (Phi) is 7.63. The van der Waals surface area contributed by atoms with Gasteiger partial charge in [-0.1, -0.05) is 25.9 Å². The smallest absolute Gasteiger partial charge is 0.129 e. The Morgan fingerprint density at radius 3 is 2.77 bits per heavy atom. The zero-order chi connectivity index (χ0) is 10.1. The van der Waals surface area contributed by atoms with Gasteiger partial charge in [-0.2, -0.15) is 0 Å². The van der Waals surface area contributed by atoms with Crippen LogP contribution in [0.25, 0.3) is 0 Å². The second kappa shape index (κ2) is 8.01. The van der Waals surface area contributed by atoms with Crippen molar-refractivity contribution in [3.05, 3.63) is 0 Å². The molecule has 0 heterocycles. The van der Waals surface area contributed by atoms with Gasteiger partial charge in [-0.05, 0) is 12.3 Å². The highest BCUT2D eigenvalue weighted by molar-refractivity contribution is 5.58. The van der Waals surface area contributed by atoms with Crippen molar-refractivity contribution in [3.8, 4) is 0 Å². The van der Waals surface area contributed by atoms with Crippen LogP contribution in [0.1, 0.15) is 27.2 Å². The van der Waals surface area contributed by atoms with Gasteiger partial charge in [0.05, 0.1) is 0 Å². The van der Waals surface area contributed by atoms with Crippen LogP contribution in [0, 0.1) is 5.92 Å². The first kappa shape index (κ1) is 12.4. The quantitative estimate of drug-likeness (QED) is 0.271. The number of rotatable bonds is 7. The van der Waals surface area contributed by atoms with Gasteiger partial charge in [-0.25, -0.2) is 0 Å². The fraction of sp³-hybridized carbons (Fsp3) is 0.889. The average molecular weight is 188 g/mol. The van der Waals surface area contributed by atoms with Crippen LogP contribution in [0.4, 0.5) is 0 Å². The molecule has 0 aliphatic carbocycles. The molecule has 13 heavy (non-hydrogen) atoms. The summed E-state index contributed by atoms with van der Waals surface area (Å²) < 4.78 is 0. The molecule has 0 saturated heterocycles. The molecule has 78 valence electrons. The maximum absolute atomic E-state index is 9.10. The minimum Gasteiger partial charge on any atom is -0.395 e. The summed E-state index contributed by atoms with van der Waals surface area (Å²) in [5.41, 5.74) is 0. The molecule has 4 nitrogen and oxygen atoms in total. The number of nitrogens with one attached hydrogen (secondary N) is 1. The van der Waals surface area contributed by atoms with E-state index >= 15 is 0 Å². The summed E-state index contributed by atoms with van der Waals surface area (Å²) in [6.45, 7) is 7.08.